The van der Waals surface area contributed by atoms with Crippen LogP contribution < -0.4 is 11.5 Å². The lowest BCUT2D eigenvalue weighted by Gasteiger charge is -2.23. The molecule has 2 heteroatoms. The van der Waals surface area contributed by atoms with Crippen LogP contribution in [0.2, 0.25) is 0 Å². The summed E-state index contributed by atoms with van der Waals surface area (Å²) in [6.07, 6.45) is 0.859. The van der Waals surface area contributed by atoms with Gasteiger partial charge in [0, 0.05) is 18.5 Å². The normalized spacial score (nSPS) is 14.1. The second-order valence-corrected chi connectivity index (χ2v) is 4.61. The van der Waals surface area contributed by atoms with Crippen molar-refractivity contribution >= 4 is 0 Å². The average Bonchev–Trinajstić information content (AvgIpc) is 2.42. The van der Waals surface area contributed by atoms with Crippen molar-refractivity contribution in [3.8, 4) is 0 Å². The van der Waals surface area contributed by atoms with E-state index in [0.717, 1.165) is 6.42 Å². The van der Waals surface area contributed by atoms with Gasteiger partial charge < -0.3 is 11.5 Å². The van der Waals surface area contributed by atoms with Gasteiger partial charge in [0.05, 0.1) is 0 Å². The Morgan fingerprint density at radius 2 is 1.39 bits per heavy atom. The minimum atomic E-state index is 0.0554. The first kappa shape index (κ1) is 12.8. The van der Waals surface area contributed by atoms with Crippen LogP contribution in [0.15, 0.2) is 60.7 Å². The highest BCUT2D eigenvalue weighted by Gasteiger charge is 2.18. The lowest BCUT2D eigenvalue weighted by Crippen LogP contribution is -2.35. The summed E-state index contributed by atoms with van der Waals surface area (Å²) in [5.74, 6) is 0.214. The van der Waals surface area contributed by atoms with Gasteiger partial charge in [-0.05, 0) is 17.5 Å². The molecule has 94 valence electrons. The van der Waals surface area contributed by atoms with Crippen LogP contribution in [0.5, 0.6) is 0 Å². The quantitative estimate of drug-likeness (QED) is 0.842. The Morgan fingerprint density at radius 3 is 1.94 bits per heavy atom. The van der Waals surface area contributed by atoms with Crippen LogP contribution in [-0.4, -0.2) is 12.6 Å². The van der Waals surface area contributed by atoms with Crippen molar-refractivity contribution in [1.29, 1.82) is 0 Å². The van der Waals surface area contributed by atoms with Crippen LogP contribution in [0.25, 0.3) is 0 Å². The number of hydrogen-bond donors (Lipinski definition) is 2. The molecule has 0 aromatic heterocycles. The molecule has 0 fully saturated rings. The molecule has 0 aliphatic carbocycles. The van der Waals surface area contributed by atoms with Crippen LogP contribution in [0, 0.1) is 0 Å². The molecule has 4 N–H and O–H groups in total. The zero-order valence-electron chi connectivity index (χ0n) is 10.5. The standard InChI is InChI=1S/C16H20N2/c17-12-15(14-9-5-2-6-10-14)16(18)11-13-7-3-1-4-8-13/h1-10,15-16H,11-12,17-18H2. The summed E-state index contributed by atoms with van der Waals surface area (Å²) in [7, 11) is 0. The topological polar surface area (TPSA) is 52.0 Å². The number of rotatable bonds is 5. The monoisotopic (exact) mass is 240 g/mol. The van der Waals surface area contributed by atoms with Crippen LogP contribution in [-0.2, 0) is 6.42 Å². The molecule has 2 unspecified atom stereocenters. The van der Waals surface area contributed by atoms with E-state index in [0.29, 0.717) is 6.54 Å². The van der Waals surface area contributed by atoms with Crippen LogP contribution >= 0.6 is 0 Å². The molecule has 0 amide bonds. The Labute approximate surface area is 109 Å². The van der Waals surface area contributed by atoms with E-state index in [1.54, 1.807) is 0 Å². The molecule has 2 aromatic carbocycles. The van der Waals surface area contributed by atoms with Crippen molar-refractivity contribution in [2.24, 2.45) is 11.5 Å². The molecule has 0 aliphatic rings. The second-order valence-electron chi connectivity index (χ2n) is 4.61. The van der Waals surface area contributed by atoms with E-state index in [2.05, 4.69) is 24.3 Å². The molecule has 2 rings (SSSR count). The first-order chi connectivity index (χ1) is 8.81. The Bertz CT molecular complexity index is 453. The van der Waals surface area contributed by atoms with Gasteiger partial charge in [0.1, 0.15) is 0 Å². The molecule has 0 aliphatic heterocycles. The number of nitrogens with two attached hydrogens (primary N) is 2. The van der Waals surface area contributed by atoms with E-state index >= 15 is 0 Å². The third-order valence-electron chi connectivity index (χ3n) is 3.31. The van der Waals surface area contributed by atoms with Gasteiger partial charge in [-0.25, -0.2) is 0 Å². The third kappa shape index (κ3) is 3.19. The molecular formula is C16H20N2. The van der Waals surface area contributed by atoms with Gasteiger partial charge >= 0.3 is 0 Å². The Morgan fingerprint density at radius 1 is 0.833 bits per heavy atom. The molecule has 0 saturated heterocycles. The highest BCUT2D eigenvalue weighted by atomic mass is 14.7. The third-order valence-corrected chi connectivity index (χ3v) is 3.31. The van der Waals surface area contributed by atoms with E-state index in [9.17, 15) is 0 Å². The molecule has 0 saturated carbocycles. The molecule has 0 spiro atoms. The smallest absolute Gasteiger partial charge is 0.0161 e. The highest BCUT2D eigenvalue weighted by Crippen LogP contribution is 2.19. The SMILES string of the molecule is NCC(c1ccccc1)C(N)Cc1ccccc1. The summed E-state index contributed by atoms with van der Waals surface area (Å²) in [4.78, 5) is 0. The first-order valence-electron chi connectivity index (χ1n) is 6.36. The molecule has 18 heavy (non-hydrogen) atoms. The van der Waals surface area contributed by atoms with Crippen molar-refractivity contribution in [2.45, 2.75) is 18.4 Å². The Hall–Kier alpha value is -1.64. The van der Waals surface area contributed by atoms with Gasteiger partial charge in [-0.3, -0.25) is 0 Å². The van der Waals surface area contributed by atoms with Gasteiger partial charge in [0.25, 0.3) is 0 Å². The summed E-state index contributed by atoms with van der Waals surface area (Å²) in [5.41, 5.74) is 14.7. The van der Waals surface area contributed by atoms with Crippen molar-refractivity contribution in [3.63, 3.8) is 0 Å². The minimum absolute atomic E-state index is 0.0554. The number of benzene rings is 2. The van der Waals surface area contributed by atoms with Crippen LogP contribution in [0.1, 0.15) is 17.0 Å². The fourth-order valence-corrected chi connectivity index (χ4v) is 2.29. The first-order valence-corrected chi connectivity index (χ1v) is 6.36. The molecule has 0 bridgehead atoms. The summed E-state index contributed by atoms with van der Waals surface area (Å²) < 4.78 is 0. The second kappa shape index (κ2) is 6.34. The van der Waals surface area contributed by atoms with Crippen molar-refractivity contribution in [1.82, 2.24) is 0 Å². The lowest BCUT2D eigenvalue weighted by atomic mass is 9.88. The average molecular weight is 240 g/mol. The molecule has 2 atom stereocenters. The maximum atomic E-state index is 6.31. The molecule has 2 aromatic rings. The zero-order valence-corrected chi connectivity index (χ0v) is 10.5. The highest BCUT2D eigenvalue weighted by molar-refractivity contribution is 5.24. The fraction of sp³-hybridized carbons (Fsp3) is 0.250. The number of hydrogen-bond acceptors (Lipinski definition) is 2. The minimum Gasteiger partial charge on any atom is -0.330 e. The van der Waals surface area contributed by atoms with Gasteiger partial charge in [-0.1, -0.05) is 60.7 Å². The van der Waals surface area contributed by atoms with Crippen LogP contribution in [0.4, 0.5) is 0 Å². The van der Waals surface area contributed by atoms with Crippen LogP contribution in [0.3, 0.4) is 0 Å². The van der Waals surface area contributed by atoms with Crippen molar-refractivity contribution in [3.05, 3.63) is 71.8 Å². The maximum Gasteiger partial charge on any atom is 0.0161 e. The molecular weight excluding hydrogens is 220 g/mol. The molecule has 0 radical (unpaired) electrons. The molecule has 2 nitrogen and oxygen atoms in total. The maximum absolute atomic E-state index is 6.31. The van der Waals surface area contributed by atoms with E-state index in [1.165, 1.54) is 11.1 Å². The van der Waals surface area contributed by atoms with E-state index in [4.69, 9.17) is 11.5 Å². The summed E-state index contributed by atoms with van der Waals surface area (Å²) >= 11 is 0. The van der Waals surface area contributed by atoms with Crippen molar-refractivity contribution < 1.29 is 0 Å². The lowest BCUT2D eigenvalue weighted by molar-refractivity contribution is 0.535. The summed E-state index contributed by atoms with van der Waals surface area (Å²) in [5, 5.41) is 0. The Kier molecular flexibility index (Phi) is 4.51. The predicted octanol–water partition coefficient (Wildman–Crippen LogP) is 2.30. The summed E-state index contributed by atoms with van der Waals surface area (Å²) in [6.45, 7) is 0.581. The summed E-state index contributed by atoms with van der Waals surface area (Å²) in [6, 6.07) is 20.7. The fourth-order valence-electron chi connectivity index (χ4n) is 2.29. The predicted molar refractivity (Wildman–Crippen MR) is 76.4 cm³/mol. The van der Waals surface area contributed by atoms with E-state index in [1.807, 2.05) is 36.4 Å². The Balaban J connectivity index is 2.09. The van der Waals surface area contributed by atoms with E-state index in [-0.39, 0.29) is 12.0 Å². The molecule has 0 heterocycles. The van der Waals surface area contributed by atoms with Crippen molar-refractivity contribution in [2.75, 3.05) is 6.54 Å². The van der Waals surface area contributed by atoms with Gasteiger partial charge in [-0.2, -0.15) is 0 Å². The zero-order chi connectivity index (χ0) is 12.8. The van der Waals surface area contributed by atoms with Gasteiger partial charge in [0.2, 0.25) is 0 Å². The van der Waals surface area contributed by atoms with E-state index < -0.39 is 0 Å². The largest absolute Gasteiger partial charge is 0.330 e. The van der Waals surface area contributed by atoms with Gasteiger partial charge in [0.15, 0.2) is 0 Å². The van der Waals surface area contributed by atoms with Gasteiger partial charge in [-0.15, -0.1) is 0 Å².